The monoisotopic (exact) mass is 376 g/mol. The van der Waals surface area contributed by atoms with Crippen LogP contribution >= 0.6 is 0 Å². The van der Waals surface area contributed by atoms with E-state index in [1.165, 1.54) is 0 Å². The van der Waals surface area contributed by atoms with Gasteiger partial charge in [0.15, 0.2) is 0 Å². The number of aryl methyl sites for hydroxylation is 3. The summed E-state index contributed by atoms with van der Waals surface area (Å²) in [7, 11) is 0. The van der Waals surface area contributed by atoms with Crippen molar-refractivity contribution in [2.75, 3.05) is 18.5 Å². The maximum atomic E-state index is 12.7. The van der Waals surface area contributed by atoms with Gasteiger partial charge in [-0.2, -0.15) is 5.10 Å². The number of nitrogens with one attached hydrogen (secondary N) is 1. The molecule has 0 amide bonds. The quantitative estimate of drug-likeness (QED) is 0.761. The molecule has 2 aromatic heterocycles. The predicted octanol–water partition coefficient (Wildman–Crippen LogP) is 3.03. The number of benzene rings is 1. The van der Waals surface area contributed by atoms with Crippen LogP contribution in [-0.4, -0.2) is 34.0 Å². The fourth-order valence-electron chi connectivity index (χ4n) is 4.36. The van der Waals surface area contributed by atoms with E-state index in [2.05, 4.69) is 22.4 Å². The summed E-state index contributed by atoms with van der Waals surface area (Å²) in [5, 5.41) is 9.43. The van der Waals surface area contributed by atoms with E-state index in [9.17, 15) is 4.79 Å². The lowest BCUT2D eigenvalue weighted by Crippen LogP contribution is -2.38. The Bertz CT molecular complexity index is 1090. The van der Waals surface area contributed by atoms with E-state index < -0.39 is 0 Å². The lowest BCUT2D eigenvalue weighted by molar-refractivity contribution is 0.182. The molecule has 2 unspecified atom stereocenters. The Morgan fingerprint density at radius 2 is 2.00 bits per heavy atom. The molecule has 6 heteroatoms. The molecule has 5 rings (SSSR count). The fourth-order valence-corrected chi connectivity index (χ4v) is 4.36. The fraction of sp³-hybridized carbons (Fsp3) is 0.409. The number of fused-ring (bicyclic) bond motifs is 2. The molecule has 0 spiro atoms. The summed E-state index contributed by atoms with van der Waals surface area (Å²) in [6, 6.07) is 11.8. The first kappa shape index (κ1) is 17.4. The summed E-state index contributed by atoms with van der Waals surface area (Å²) in [6.07, 6.45) is 4.20. The zero-order valence-electron chi connectivity index (χ0n) is 16.0. The van der Waals surface area contributed by atoms with Gasteiger partial charge in [0, 0.05) is 22.8 Å². The third kappa shape index (κ3) is 3.07. The Morgan fingerprint density at radius 1 is 1.14 bits per heavy atom. The van der Waals surface area contributed by atoms with E-state index in [0.717, 1.165) is 59.2 Å². The van der Waals surface area contributed by atoms with Gasteiger partial charge >= 0.3 is 0 Å². The maximum absolute atomic E-state index is 12.7. The van der Waals surface area contributed by atoms with Gasteiger partial charge in [0.25, 0.3) is 5.56 Å². The SMILES string of the molecule is Cc1cc(NC2COCC2n2nc3c(cc2=O)CCCC3)c2ccccc2n1. The lowest BCUT2D eigenvalue weighted by Gasteiger charge is -2.24. The maximum Gasteiger partial charge on any atom is 0.267 e. The Balaban J connectivity index is 1.50. The van der Waals surface area contributed by atoms with Crippen molar-refractivity contribution in [2.24, 2.45) is 0 Å². The Morgan fingerprint density at radius 3 is 2.93 bits per heavy atom. The topological polar surface area (TPSA) is 69.0 Å². The van der Waals surface area contributed by atoms with E-state index in [0.29, 0.717) is 13.2 Å². The number of hydrogen-bond acceptors (Lipinski definition) is 5. The van der Waals surface area contributed by atoms with Crippen LogP contribution in [0.4, 0.5) is 5.69 Å². The minimum Gasteiger partial charge on any atom is -0.377 e. The lowest BCUT2D eigenvalue weighted by atomic mass is 9.97. The van der Waals surface area contributed by atoms with Crippen LogP contribution in [0, 0.1) is 6.92 Å². The third-order valence-corrected chi connectivity index (χ3v) is 5.78. The zero-order valence-corrected chi connectivity index (χ0v) is 16.0. The van der Waals surface area contributed by atoms with Gasteiger partial charge in [-0.05, 0) is 50.3 Å². The Labute approximate surface area is 163 Å². The van der Waals surface area contributed by atoms with E-state index in [-0.39, 0.29) is 17.6 Å². The second kappa shape index (κ2) is 7.02. The minimum atomic E-state index is -0.119. The Kier molecular flexibility index (Phi) is 4.36. The summed E-state index contributed by atoms with van der Waals surface area (Å²) in [6.45, 7) is 3.03. The molecular formula is C22H24N4O2. The molecule has 1 saturated heterocycles. The Hall–Kier alpha value is -2.73. The second-order valence-corrected chi connectivity index (χ2v) is 7.79. The molecule has 1 aliphatic carbocycles. The van der Waals surface area contributed by atoms with Gasteiger partial charge in [-0.3, -0.25) is 9.78 Å². The van der Waals surface area contributed by atoms with Gasteiger partial charge in [0.2, 0.25) is 0 Å². The van der Waals surface area contributed by atoms with Gasteiger partial charge < -0.3 is 10.1 Å². The second-order valence-electron chi connectivity index (χ2n) is 7.79. The van der Waals surface area contributed by atoms with Crippen molar-refractivity contribution in [3.8, 4) is 0 Å². The smallest absolute Gasteiger partial charge is 0.267 e. The highest BCUT2D eigenvalue weighted by Crippen LogP contribution is 2.28. The van der Waals surface area contributed by atoms with Crippen molar-refractivity contribution in [1.82, 2.24) is 14.8 Å². The average Bonchev–Trinajstić information content (AvgIpc) is 3.15. The summed E-state index contributed by atoms with van der Waals surface area (Å²) in [4.78, 5) is 17.4. The van der Waals surface area contributed by atoms with Gasteiger partial charge in [-0.1, -0.05) is 18.2 Å². The first-order valence-electron chi connectivity index (χ1n) is 10.0. The van der Waals surface area contributed by atoms with Crippen LogP contribution in [0.2, 0.25) is 0 Å². The molecule has 1 fully saturated rings. The molecule has 0 saturated carbocycles. The van der Waals surface area contributed by atoms with Crippen LogP contribution < -0.4 is 10.9 Å². The largest absolute Gasteiger partial charge is 0.377 e. The number of pyridine rings is 1. The number of para-hydroxylation sites is 1. The van der Waals surface area contributed by atoms with Crippen LogP contribution in [0.1, 0.15) is 35.8 Å². The molecule has 1 aliphatic heterocycles. The molecule has 28 heavy (non-hydrogen) atoms. The first-order valence-corrected chi connectivity index (χ1v) is 10.0. The van der Waals surface area contributed by atoms with Crippen molar-refractivity contribution in [3.63, 3.8) is 0 Å². The molecule has 1 aromatic carbocycles. The summed E-state index contributed by atoms with van der Waals surface area (Å²) < 4.78 is 7.40. The van der Waals surface area contributed by atoms with Crippen molar-refractivity contribution >= 4 is 16.6 Å². The summed E-state index contributed by atoms with van der Waals surface area (Å²) >= 11 is 0. The molecule has 3 heterocycles. The zero-order chi connectivity index (χ0) is 19.1. The standard InChI is InChI=1S/C22H24N4O2/c1-14-10-19(16-7-3-5-9-18(16)23-14)24-20-12-28-13-21(20)26-22(27)11-15-6-2-4-8-17(15)25-26/h3,5,7,9-11,20-21H,2,4,6,8,12-13H2,1H3,(H,23,24). The van der Waals surface area contributed by atoms with Crippen LogP contribution in [-0.2, 0) is 17.6 Å². The van der Waals surface area contributed by atoms with Gasteiger partial charge in [0.1, 0.15) is 6.04 Å². The molecule has 144 valence electrons. The van der Waals surface area contributed by atoms with E-state index >= 15 is 0 Å². The van der Waals surface area contributed by atoms with Crippen LogP contribution in [0.25, 0.3) is 10.9 Å². The number of hydrogen-bond donors (Lipinski definition) is 1. The summed E-state index contributed by atoms with van der Waals surface area (Å²) in [5.41, 5.74) is 5.10. The van der Waals surface area contributed by atoms with Crippen LogP contribution in [0.5, 0.6) is 0 Å². The van der Waals surface area contributed by atoms with Crippen molar-refractivity contribution in [3.05, 3.63) is 63.7 Å². The highest BCUT2D eigenvalue weighted by atomic mass is 16.5. The van der Waals surface area contributed by atoms with E-state index in [4.69, 9.17) is 9.84 Å². The average molecular weight is 376 g/mol. The highest BCUT2D eigenvalue weighted by Gasteiger charge is 2.32. The third-order valence-electron chi connectivity index (χ3n) is 5.78. The predicted molar refractivity (Wildman–Crippen MR) is 109 cm³/mol. The van der Waals surface area contributed by atoms with Crippen LogP contribution in [0.15, 0.2) is 41.2 Å². The van der Waals surface area contributed by atoms with Gasteiger partial charge in [-0.25, -0.2) is 4.68 Å². The summed E-state index contributed by atoms with van der Waals surface area (Å²) in [5.74, 6) is 0. The van der Waals surface area contributed by atoms with Gasteiger partial charge in [-0.15, -0.1) is 0 Å². The molecule has 2 atom stereocenters. The molecular weight excluding hydrogens is 352 g/mol. The molecule has 3 aromatic rings. The van der Waals surface area contributed by atoms with Crippen molar-refractivity contribution in [1.29, 1.82) is 0 Å². The molecule has 0 bridgehead atoms. The normalized spacial score (nSPS) is 21.6. The van der Waals surface area contributed by atoms with Crippen molar-refractivity contribution < 1.29 is 4.74 Å². The minimum absolute atomic E-state index is 0.0166. The molecule has 0 radical (unpaired) electrons. The number of aromatic nitrogens is 3. The molecule has 6 nitrogen and oxygen atoms in total. The highest BCUT2D eigenvalue weighted by molar-refractivity contribution is 5.91. The number of rotatable bonds is 3. The number of ether oxygens (including phenoxy) is 1. The van der Waals surface area contributed by atoms with E-state index in [1.807, 2.05) is 25.1 Å². The van der Waals surface area contributed by atoms with Crippen molar-refractivity contribution in [2.45, 2.75) is 44.7 Å². The number of anilines is 1. The molecule has 2 aliphatic rings. The number of nitrogens with zero attached hydrogens (tertiary/aromatic N) is 3. The molecule has 1 N–H and O–H groups in total. The van der Waals surface area contributed by atoms with Gasteiger partial charge in [0.05, 0.1) is 30.5 Å². The van der Waals surface area contributed by atoms with E-state index in [1.54, 1.807) is 10.7 Å². The van der Waals surface area contributed by atoms with Crippen LogP contribution in [0.3, 0.4) is 0 Å². The first-order chi connectivity index (χ1) is 13.7.